The molecule has 1 aromatic rings. The van der Waals surface area contributed by atoms with E-state index >= 15 is 0 Å². The molecule has 0 unspecified atom stereocenters. The van der Waals surface area contributed by atoms with Gasteiger partial charge in [0.25, 0.3) is 0 Å². The standard InChI is InChI=1S/C10H14BrNO/c1-10(2,12)9(13)7-4-3-5-8(11)6-7/h3-6,9,13H,12H2,1-2H3/t9-/m0/s1. The first-order valence-corrected chi connectivity index (χ1v) is 4.93. The highest BCUT2D eigenvalue weighted by Crippen LogP contribution is 2.25. The second-order valence-corrected chi connectivity index (χ2v) is 4.69. The van der Waals surface area contributed by atoms with Crippen molar-refractivity contribution in [3.63, 3.8) is 0 Å². The molecular formula is C10H14BrNO. The van der Waals surface area contributed by atoms with Crippen molar-refractivity contribution in [2.45, 2.75) is 25.5 Å². The predicted octanol–water partition coefficient (Wildman–Crippen LogP) is 2.22. The number of hydrogen-bond acceptors (Lipinski definition) is 2. The molecule has 2 nitrogen and oxygen atoms in total. The van der Waals surface area contributed by atoms with Crippen molar-refractivity contribution in [1.29, 1.82) is 0 Å². The molecule has 0 bridgehead atoms. The van der Waals surface area contributed by atoms with Crippen LogP contribution in [-0.4, -0.2) is 10.6 Å². The van der Waals surface area contributed by atoms with E-state index in [9.17, 15) is 5.11 Å². The van der Waals surface area contributed by atoms with Crippen LogP contribution in [0.25, 0.3) is 0 Å². The Bertz CT molecular complexity index is 293. The topological polar surface area (TPSA) is 46.2 Å². The zero-order valence-corrected chi connectivity index (χ0v) is 9.38. The average Bonchev–Trinajstić information content (AvgIpc) is 2.01. The van der Waals surface area contributed by atoms with E-state index in [0.717, 1.165) is 10.0 Å². The van der Waals surface area contributed by atoms with Crippen molar-refractivity contribution in [3.05, 3.63) is 34.3 Å². The number of rotatable bonds is 2. The number of halogens is 1. The molecule has 0 heterocycles. The first-order valence-electron chi connectivity index (χ1n) is 4.13. The summed E-state index contributed by atoms with van der Waals surface area (Å²) in [4.78, 5) is 0. The van der Waals surface area contributed by atoms with Crippen LogP contribution in [0.1, 0.15) is 25.5 Å². The quantitative estimate of drug-likeness (QED) is 0.837. The second-order valence-electron chi connectivity index (χ2n) is 3.78. The fraction of sp³-hybridized carbons (Fsp3) is 0.400. The van der Waals surface area contributed by atoms with E-state index in [2.05, 4.69) is 15.9 Å². The third kappa shape index (κ3) is 2.79. The van der Waals surface area contributed by atoms with Gasteiger partial charge in [0.15, 0.2) is 0 Å². The molecule has 1 atom stereocenters. The minimum Gasteiger partial charge on any atom is -0.387 e. The highest BCUT2D eigenvalue weighted by molar-refractivity contribution is 9.10. The molecule has 0 fully saturated rings. The Labute approximate surface area is 86.9 Å². The van der Waals surface area contributed by atoms with Gasteiger partial charge >= 0.3 is 0 Å². The van der Waals surface area contributed by atoms with Crippen LogP contribution >= 0.6 is 15.9 Å². The summed E-state index contributed by atoms with van der Waals surface area (Å²) < 4.78 is 0.952. The molecule has 1 aromatic carbocycles. The second kappa shape index (κ2) is 3.78. The third-order valence-corrected chi connectivity index (χ3v) is 2.36. The number of aliphatic hydroxyl groups excluding tert-OH is 1. The Morgan fingerprint density at radius 2 is 2.08 bits per heavy atom. The van der Waals surface area contributed by atoms with Crippen molar-refractivity contribution in [3.8, 4) is 0 Å². The van der Waals surface area contributed by atoms with Crippen LogP contribution in [0.15, 0.2) is 28.7 Å². The molecule has 3 N–H and O–H groups in total. The van der Waals surface area contributed by atoms with Crippen molar-refractivity contribution >= 4 is 15.9 Å². The molecule has 1 rings (SSSR count). The first-order chi connectivity index (χ1) is 5.91. The molecule has 0 spiro atoms. The van der Waals surface area contributed by atoms with E-state index in [1.54, 1.807) is 13.8 Å². The monoisotopic (exact) mass is 243 g/mol. The molecule has 0 saturated carbocycles. The van der Waals surface area contributed by atoms with E-state index in [4.69, 9.17) is 5.73 Å². The summed E-state index contributed by atoms with van der Waals surface area (Å²) in [5, 5.41) is 9.84. The summed E-state index contributed by atoms with van der Waals surface area (Å²) in [5.74, 6) is 0. The zero-order valence-electron chi connectivity index (χ0n) is 7.79. The van der Waals surface area contributed by atoms with Crippen LogP contribution < -0.4 is 5.73 Å². The van der Waals surface area contributed by atoms with Gasteiger partial charge in [-0.05, 0) is 31.5 Å². The molecule has 0 amide bonds. The van der Waals surface area contributed by atoms with E-state index in [1.165, 1.54) is 0 Å². The lowest BCUT2D eigenvalue weighted by Gasteiger charge is -2.26. The van der Waals surface area contributed by atoms with Crippen LogP contribution in [0.2, 0.25) is 0 Å². The van der Waals surface area contributed by atoms with Crippen molar-refractivity contribution < 1.29 is 5.11 Å². The summed E-state index contributed by atoms with van der Waals surface area (Å²) in [5.41, 5.74) is 6.02. The Morgan fingerprint density at radius 1 is 1.46 bits per heavy atom. The van der Waals surface area contributed by atoms with Crippen LogP contribution in [0.5, 0.6) is 0 Å². The molecule has 3 heteroatoms. The average molecular weight is 244 g/mol. The molecule has 0 radical (unpaired) electrons. The maximum absolute atomic E-state index is 9.84. The van der Waals surface area contributed by atoms with Gasteiger partial charge < -0.3 is 10.8 Å². The molecule has 0 aliphatic rings. The summed E-state index contributed by atoms with van der Waals surface area (Å²) in [6.07, 6.45) is -0.634. The van der Waals surface area contributed by atoms with Crippen LogP contribution in [0, 0.1) is 0 Å². The van der Waals surface area contributed by atoms with Gasteiger partial charge in [0, 0.05) is 10.0 Å². The molecule has 0 aliphatic heterocycles. The van der Waals surface area contributed by atoms with Gasteiger partial charge in [-0.15, -0.1) is 0 Å². The Kier molecular flexibility index (Phi) is 3.11. The van der Waals surface area contributed by atoms with E-state index in [0.29, 0.717) is 0 Å². The lowest BCUT2D eigenvalue weighted by Crippen LogP contribution is -2.39. The molecule has 0 aliphatic carbocycles. The molecule has 0 saturated heterocycles. The minimum atomic E-state index is -0.634. The van der Waals surface area contributed by atoms with Gasteiger partial charge in [-0.2, -0.15) is 0 Å². The largest absolute Gasteiger partial charge is 0.387 e. The maximum Gasteiger partial charge on any atom is 0.0964 e. The molecular weight excluding hydrogens is 230 g/mol. The lowest BCUT2D eigenvalue weighted by molar-refractivity contribution is 0.104. The van der Waals surface area contributed by atoms with Crippen molar-refractivity contribution in [1.82, 2.24) is 0 Å². The van der Waals surface area contributed by atoms with Gasteiger partial charge in [-0.3, -0.25) is 0 Å². The fourth-order valence-corrected chi connectivity index (χ4v) is 1.52. The third-order valence-electron chi connectivity index (χ3n) is 1.87. The van der Waals surface area contributed by atoms with Crippen LogP contribution in [0.4, 0.5) is 0 Å². The molecule has 13 heavy (non-hydrogen) atoms. The summed E-state index contributed by atoms with van der Waals surface area (Å²) in [6.45, 7) is 3.61. The number of hydrogen-bond donors (Lipinski definition) is 2. The number of benzene rings is 1. The zero-order chi connectivity index (χ0) is 10.1. The van der Waals surface area contributed by atoms with E-state index < -0.39 is 11.6 Å². The first kappa shape index (κ1) is 10.7. The smallest absolute Gasteiger partial charge is 0.0964 e. The minimum absolute atomic E-state index is 0.610. The van der Waals surface area contributed by atoms with Gasteiger partial charge in [-0.1, -0.05) is 28.1 Å². The Balaban J connectivity index is 2.96. The number of aliphatic hydroxyl groups is 1. The highest BCUT2D eigenvalue weighted by Gasteiger charge is 2.24. The van der Waals surface area contributed by atoms with Gasteiger partial charge in [0.1, 0.15) is 0 Å². The number of nitrogens with two attached hydrogens (primary N) is 1. The lowest BCUT2D eigenvalue weighted by atomic mass is 9.93. The summed E-state index contributed by atoms with van der Waals surface area (Å²) >= 11 is 3.35. The van der Waals surface area contributed by atoms with Crippen LogP contribution in [-0.2, 0) is 0 Å². The highest BCUT2D eigenvalue weighted by atomic mass is 79.9. The van der Waals surface area contributed by atoms with Gasteiger partial charge in [-0.25, -0.2) is 0 Å². The Hall–Kier alpha value is -0.380. The van der Waals surface area contributed by atoms with Crippen molar-refractivity contribution in [2.75, 3.05) is 0 Å². The Morgan fingerprint density at radius 3 is 2.54 bits per heavy atom. The van der Waals surface area contributed by atoms with E-state index in [1.807, 2.05) is 24.3 Å². The van der Waals surface area contributed by atoms with E-state index in [-0.39, 0.29) is 0 Å². The molecule has 0 aromatic heterocycles. The van der Waals surface area contributed by atoms with Crippen molar-refractivity contribution in [2.24, 2.45) is 5.73 Å². The fourth-order valence-electron chi connectivity index (χ4n) is 1.11. The maximum atomic E-state index is 9.84. The predicted molar refractivity (Wildman–Crippen MR) is 57.4 cm³/mol. The normalized spacial score (nSPS) is 14.2. The molecule has 72 valence electrons. The SMILES string of the molecule is CC(C)(N)[C@@H](O)c1cccc(Br)c1. The van der Waals surface area contributed by atoms with Gasteiger partial charge in [0.2, 0.25) is 0 Å². The van der Waals surface area contributed by atoms with Crippen LogP contribution in [0.3, 0.4) is 0 Å². The van der Waals surface area contributed by atoms with Gasteiger partial charge in [0.05, 0.1) is 6.10 Å². The summed E-state index contributed by atoms with van der Waals surface area (Å²) in [7, 11) is 0. The summed E-state index contributed by atoms with van der Waals surface area (Å²) in [6, 6.07) is 7.54.